The van der Waals surface area contributed by atoms with Gasteiger partial charge in [-0.25, -0.2) is 9.97 Å². The summed E-state index contributed by atoms with van der Waals surface area (Å²) >= 11 is 5.99. The van der Waals surface area contributed by atoms with Crippen LogP contribution in [0.2, 0.25) is 0 Å². The Bertz CT molecular complexity index is 2290. The Morgan fingerprint density at radius 1 is 0.827 bits per heavy atom. The molecule has 14 heteroatoms. The number of aromatic nitrogens is 2. The smallest absolute Gasteiger partial charge is 0.387 e. The minimum Gasteiger partial charge on any atom is -0.468 e. The zero-order valence-corrected chi connectivity index (χ0v) is 29.0. The van der Waals surface area contributed by atoms with E-state index in [4.69, 9.17) is 34.9 Å². The number of likely N-dealkylation sites (tertiary alicyclic amines) is 1. The summed E-state index contributed by atoms with van der Waals surface area (Å²) in [7, 11) is 1.33. The molecule has 0 saturated carbocycles. The second-order valence-electron chi connectivity index (χ2n) is 12.4. The lowest BCUT2D eigenvalue weighted by Gasteiger charge is -2.23. The van der Waals surface area contributed by atoms with Crippen molar-refractivity contribution in [1.82, 2.24) is 14.9 Å². The molecule has 1 fully saturated rings. The maximum absolute atomic E-state index is 13.5. The molecule has 0 radical (unpaired) electrons. The predicted molar refractivity (Wildman–Crippen MR) is 186 cm³/mol. The third-order valence-corrected chi connectivity index (χ3v) is 9.63. The fourth-order valence-corrected chi connectivity index (χ4v) is 7.03. The Balaban J connectivity index is 1.24. The van der Waals surface area contributed by atoms with Crippen molar-refractivity contribution in [3.8, 4) is 45.5 Å². The third-order valence-electron chi connectivity index (χ3n) is 9.35. The van der Waals surface area contributed by atoms with Gasteiger partial charge in [0, 0.05) is 40.9 Å². The topological polar surface area (TPSA) is 100 Å². The molecule has 0 aliphatic carbocycles. The van der Waals surface area contributed by atoms with Crippen molar-refractivity contribution >= 4 is 39.8 Å². The van der Waals surface area contributed by atoms with Gasteiger partial charge < -0.3 is 23.0 Å². The summed E-state index contributed by atoms with van der Waals surface area (Å²) in [5.41, 5.74) is 7.03. The standard InChI is InChI=1S/C38H32ClF4N3O6/c1-19-23(7-4-9-25(19)34-44-27-13-21(17-39)30(51-37(40)41)15-32(27)49-34)24-8-5-10-26(20(24)2)35-45-28-14-22(31(52-38(42)43)16-33(28)50-35)18-46-12-6-11-29(46)36(47)48-3/h4-5,7-10,13-16,29,37-38H,6,11-12,17-18H2,1-3H3/t29-/m0/s1. The van der Waals surface area contributed by atoms with Gasteiger partial charge in [-0.15, -0.1) is 11.6 Å². The van der Waals surface area contributed by atoms with Crippen LogP contribution in [0.1, 0.15) is 35.1 Å². The normalized spacial score (nSPS) is 15.0. The molecule has 7 rings (SSSR count). The monoisotopic (exact) mass is 737 g/mol. The Hall–Kier alpha value is -5.14. The lowest BCUT2D eigenvalue weighted by molar-refractivity contribution is -0.146. The summed E-state index contributed by atoms with van der Waals surface area (Å²) in [4.78, 5) is 23.6. The van der Waals surface area contributed by atoms with Gasteiger partial charge in [0.2, 0.25) is 11.8 Å². The minimum absolute atomic E-state index is 0.0493. The highest BCUT2D eigenvalue weighted by Crippen LogP contribution is 2.40. The highest BCUT2D eigenvalue weighted by atomic mass is 35.5. The van der Waals surface area contributed by atoms with Crippen molar-refractivity contribution in [3.63, 3.8) is 0 Å². The van der Waals surface area contributed by atoms with E-state index >= 15 is 0 Å². The van der Waals surface area contributed by atoms with Crippen molar-refractivity contribution in [2.75, 3.05) is 13.7 Å². The number of nitrogens with zero attached hydrogens (tertiary/aromatic N) is 3. The average molecular weight is 738 g/mol. The number of esters is 1. The summed E-state index contributed by atoms with van der Waals surface area (Å²) in [6.07, 6.45) is 1.37. The number of benzene rings is 4. The number of carbonyl (C=O) groups excluding carboxylic acids is 1. The fraction of sp³-hybridized carbons (Fsp3) is 0.289. The summed E-state index contributed by atoms with van der Waals surface area (Å²) in [5, 5.41) is 0. The molecule has 1 saturated heterocycles. The average Bonchev–Trinajstić information content (AvgIpc) is 3.86. The van der Waals surface area contributed by atoms with E-state index in [1.165, 1.54) is 19.2 Å². The molecule has 0 bridgehead atoms. The van der Waals surface area contributed by atoms with Crippen LogP contribution < -0.4 is 9.47 Å². The van der Waals surface area contributed by atoms with Gasteiger partial charge in [-0.3, -0.25) is 9.69 Å². The van der Waals surface area contributed by atoms with Crippen LogP contribution in [0.5, 0.6) is 11.5 Å². The molecule has 0 N–H and O–H groups in total. The first kappa shape index (κ1) is 35.3. The number of methoxy groups -OCH3 is 1. The molecular weight excluding hydrogens is 706 g/mol. The molecule has 6 aromatic rings. The number of alkyl halides is 5. The molecule has 3 heterocycles. The van der Waals surface area contributed by atoms with Crippen molar-refractivity contribution in [2.45, 2.75) is 58.4 Å². The van der Waals surface area contributed by atoms with E-state index in [0.29, 0.717) is 52.1 Å². The lowest BCUT2D eigenvalue weighted by Crippen LogP contribution is -2.36. The molecule has 52 heavy (non-hydrogen) atoms. The van der Waals surface area contributed by atoms with Crippen LogP contribution in [0, 0.1) is 13.8 Å². The Morgan fingerprint density at radius 2 is 1.33 bits per heavy atom. The minimum atomic E-state index is -3.07. The summed E-state index contributed by atoms with van der Waals surface area (Å²) < 4.78 is 79.7. The first-order chi connectivity index (χ1) is 25.0. The number of fused-ring (bicyclic) bond motifs is 2. The number of hydrogen-bond donors (Lipinski definition) is 0. The van der Waals surface area contributed by atoms with Gasteiger partial charge in [-0.05, 0) is 79.8 Å². The molecule has 2 aromatic heterocycles. The Labute approximate surface area is 300 Å². The molecule has 1 aliphatic rings. The summed E-state index contributed by atoms with van der Waals surface area (Å²) in [5.74, 6) is 0.0149. The zero-order valence-electron chi connectivity index (χ0n) is 28.2. The van der Waals surface area contributed by atoms with Crippen LogP contribution in [0.25, 0.3) is 56.2 Å². The van der Waals surface area contributed by atoms with Crippen LogP contribution in [0.4, 0.5) is 17.6 Å². The highest BCUT2D eigenvalue weighted by molar-refractivity contribution is 6.17. The van der Waals surface area contributed by atoms with Gasteiger partial charge in [0.05, 0.1) is 13.0 Å². The van der Waals surface area contributed by atoms with Crippen LogP contribution in [0.15, 0.2) is 69.5 Å². The summed E-state index contributed by atoms with van der Waals surface area (Å²) in [6.45, 7) is -1.45. The van der Waals surface area contributed by atoms with Crippen molar-refractivity contribution in [1.29, 1.82) is 0 Å². The SMILES string of the molecule is COC(=O)[C@@H]1CCCN1Cc1cc2nc(-c3cccc(-c4cccc(-c5nc6cc(CCl)c(OC(F)F)cc6o5)c4C)c3C)oc2cc1OC(F)F. The van der Waals surface area contributed by atoms with E-state index in [9.17, 15) is 22.4 Å². The fourth-order valence-electron chi connectivity index (χ4n) is 6.82. The van der Waals surface area contributed by atoms with Crippen molar-refractivity contribution in [2.24, 2.45) is 0 Å². The molecule has 0 spiro atoms. The number of rotatable bonds is 11. The molecule has 4 aromatic carbocycles. The molecule has 9 nitrogen and oxygen atoms in total. The first-order valence-electron chi connectivity index (χ1n) is 16.4. The molecule has 270 valence electrons. The maximum atomic E-state index is 13.5. The van der Waals surface area contributed by atoms with Crippen LogP contribution in [0.3, 0.4) is 0 Å². The van der Waals surface area contributed by atoms with Crippen molar-refractivity contribution < 1.29 is 45.4 Å². The zero-order chi connectivity index (χ0) is 36.7. The molecular formula is C38H32ClF4N3O6. The van der Waals surface area contributed by atoms with Crippen LogP contribution in [-0.2, 0) is 22.0 Å². The molecule has 0 amide bonds. The molecule has 0 unspecified atom stereocenters. The van der Waals surface area contributed by atoms with Gasteiger partial charge in [0.25, 0.3) is 0 Å². The largest absolute Gasteiger partial charge is 0.468 e. The van der Waals surface area contributed by atoms with E-state index in [1.54, 1.807) is 12.1 Å². The number of carbonyl (C=O) groups is 1. The van der Waals surface area contributed by atoms with Crippen LogP contribution >= 0.6 is 11.6 Å². The number of oxazole rings is 2. The van der Waals surface area contributed by atoms with Gasteiger partial charge >= 0.3 is 19.2 Å². The number of hydrogen-bond acceptors (Lipinski definition) is 9. The first-order valence-corrected chi connectivity index (χ1v) is 16.9. The Morgan fingerprint density at radius 3 is 1.83 bits per heavy atom. The van der Waals surface area contributed by atoms with E-state index in [0.717, 1.165) is 28.7 Å². The van der Waals surface area contributed by atoms with Gasteiger partial charge in [-0.1, -0.05) is 24.3 Å². The number of ether oxygens (including phenoxy) is 3. The quantitative estimate of drug-likeness (QED) is 0.0731. The van der Waals surface area contributed by atoms with E-state index in [1.807, 2.05) is 55.1 Å². The molecule has 1 atom stereocenters. The van der Waals surface area contributed by atoms with Crippen LogP contribution in [-0.4, -0.2) is 53.8 Å². The van der Waals surface area contributed by atoms with Crippen molar-refractivity contribution in [3.05, 3.63) is 82.9 Å². The Kier molecular flexibility index (Phi) is 9.82. The second kappa shape index (κ2) is 14.5. The second-order valence-corrected chi connectivity index (χ2v) is 12.7. The molecule has 1 aliphatic heterocycles. The highest BCUT2D eigenvalue weighted by Gasteiger charge is 2.32. The predicted octanol–water partition coefficient (Wildman–Crippen LogP) is 9.67. The van der Waals surface area contributed by atoms with Gasteiger partial charge in [-0.2, -0.15) is 17.6 Å². The maximum Gasteiger partial charge on any atom is 0.387 e. The summed E-state index contributed by atoms with van der Waals surface area (Å²) in [6, 6.07) is 16.9. The van der Waals surface area contributed by atoms with E-state index in [2.05, 4.69) is 9.72 Å². The third kappa shape index (κ3) is 6.78. The lowest BCUT2D eigenvalue weighted by atomic mass is 9.91. The van der Waals surface area contributed by atoms with Gasteiger partial charge in [0.15, 0.2) is 11.2 Å². The van der Waals surface area contributed by atoms with Gasteiger partial charge in [0.1, 0.15) is 28.6 Å². The van der Waals surface area contributed by atoms with E-state index in [-0.39, 0.29) is 46.9 Å². The van der Waals surface area contributed by atoms with E-state index < -0.39 is 19.3 Å². The number of halogens is 5.